The first-order valence-corrected chi connectivity index (χ1v) is 8.16. The van der Waals surface area contributed by atoms with Crippen molar-refractivity contribution >= 4 is 29.9 Å². The van der Waals surface area contributed by atoms with Crippen molar-refractivity contribution in [3.63, 3.8) is 0 Å². The molecule has 0 amide bonds. The molecule has 1 heterocycles. The molecule has 7 heteroatoms. The zero-order valence-corrected chi connectivity index (χ0v) is 16.9. The number of morpholine rings is 1. The van der Waals surface area contributed by atoms with Crippen molar-refractivity contribution in [1.82, 2.24) is 10.2 Å². The number of aliphatic imine (C=N–C) groups is 1. The van der Waals surface area contributed by atoms with E-state index in [0.717, 1.165) is 62.7 Å². The molecule has 24 heavy (non-hydrogen) atoms. The van der Waals surface area contributed by atoms with Gasteiger partial charge in [-0.2, -0.15) is 0 Å². The second kappa shape index (κ2) is 11.5. The van der Waals surface area contributed by atoms with Gasteiger partial charge in [0.2, 0.25) is 0 Å². The predicted octanol–water partition coefficient (Wildman–Crippen LogP) is 1.75. The Morgan fingerprint density at radius 2 is 2.12 bits per heavy atom. The Kier molecular flexibility index (Phi) is 10.0. The van der Waals surface area contributed by atoms with Gasteiger partial charge in [0.1, 0.15) is 5.75 Å². The molecule has 6 nitrogen and oxygen atoms in total. The van der Waals surface area contributed by atoms with E-state index in [0.29, 0.717) is 12.5 Å². The highest BCUT2D eigenvalue weighted by atomic mass is 127. The maximum atomic E-state index is 5.92. The second-order valence-corrected chi connectivity index (χ2v) is 5.74. The summed E-state index contributed by atoms with van der Waals surface area (Å²) >= 11 is 0. The van der Waals surface area contributed by atoms with E-state index in [4.69, 9.17) is 15.2 Å². The number of rotatable bonds is 7. The van der Waals surface area contributed by atoms with E-state index >= 15 is 0 Å². The molecule has 1 aromatic rings. The number of benzene rings is 1. The normalized spacial score (nSPS) is 15.7. The van der Waals surface area contributed by atoms with E-state index in [2.05, 4.69) is 15.2 Å². The highest BCUT2D eigenvalue weighted by Crippen LogP contribution is 2.19. The van der Waals surface area contributed by atoms with Crippen LogP contribution in [-0.4, -0.2) is 57.4 Å². The molecule has 0 atom stereocenters. The molecular weight excluding hydrogens is 419 g/mol. The summed E-state index contributed by atoms with van der Waals surface area (Å²) in [6.45, 7) is 8.23. The molecule has 0 aliphatic carbocycles. The number of guanidine groups is 1. The summed E-state index contributed by atoms with van der Waals surface area (Å²) in [6, 6.07) is 6.09. The van der Waals surface area contributed by atoms with Gasteiger partial charge >= 0.3 is 0 Å². The van der Waals surface area contributed by atoms with Gasteiger partial charge < -0.3 is 20.5 Å². The van der Waals surface area contributed by atoms with E-state index in [9.17, 15) is 0 Å². The summed E-state index contributed by atoms with van der Waals surface area (Å²) in [5.74, 6) is 1.38. The molecule has 0 aromatic heterocycles. The van der Waals surface area contributed by atoms with Crippen molar-refractivity contribution in [2.45, 2.75) is 19.9 Å². The Labute approximate surface area is 161 Å². The second-order valence-electron chi connectivity index (χ2n) is 5.74. The number of ether oxygens (including phenoxy) is 2. The monoisotopic (exact) mass is 448 g/mol. The number of aryl methyl sites for hydroxylation is 1. The van der Waals surface area contributed by atoms with Crippen LogP contribution in [0.2, 0.25) is 0 Å². The smallest absolute Gasteiger partial charge is 0.188 e. The van der Waals surface area contributed by atoms with E-state index in [1.807, 2.05) is 25.1 Å². The summed E-state index contributed by atoms with van der Waals surface area (Å²) in [5, 5.41) is 3.17. The summed E-state index contributed by atoms with van der Waals surface area (Å²) in [6.07, 6.45) is 1.05. The first-order valence-electron chi connectivity index (χ1n) is 8.16. The van der Waals surface area contributed by atoms with Gasteiger partial charge in [0, 0.05) is 19.6 Å². The van der Waals surface area contributed by atoms with Crippen LogP contribution in [-0.2, 0) is 11.3 Å². The number of halogens is 1. The van der Waals surface area contributed by atoms with Crippen LogP contribution < -0.4 is 15.8 Å². The average Bonchev–Trinajstić information content (AvgIpc) is 2.59. The van der Waals surface area contributed by atoms with E-state index in [1.165, 1.54) is 0 Å². The zero-order chi connectivity index (χ0) is 16.5. The number of hydrogen-bond donors (Lipinski definition) is 2. The Hall–Kier alpha value is -1.06. The molecule has 3 N–H and O–H groups in total. The summed E-state index contributed by atoms with van der Waals surface area (Å²) in [5.41, 5.74) is 8.12. The van der Waals surface area contributed by atoms with Crippen molar-refractivity contribution in [2.24, 2.45) is 10.7 Å². The number of hydrogen-bond acceptors (Lipinski definition) is 4. The van der Waals surface area contributed by atoms with Crippen LogP contribution in [0.4, 0.5) is 0 Å². The van der Waals surface area contributed by atoms with Crippen molar-refractivity contribution in [3.8, 4) is 5.75 Å². The van der Waals surface area contributed by atoms with Crippen LogP contribution in [0.1, 0.15) is 17.5 Å². The molecular formula is C17H29IN4O2. The van der Waals surface area contributed by atoms with Crippen molar-refractivity contribution < 1.29 is 9.47 Å². The van der Waals surface area contributed by atoms with Crippen LogP contribution >= 0.6 is 24.0 Å². The number of methoxy groups -OCH3 is 1. The van der Waals surface area contributed by atoms with Gasteiger partial charge in [-0.05, 0) is 37.1 Å². The molecule has 0 bridgehead atoms. The maximum absolute atomic E-state index is 5.92. The fraction of sp³-hybridized carbons (Fsp3) is 0.588. The van der Waals surface area contributed by atoms with Gasteiger partial charge in [-0.3, -0.25) is 4.90 Å². The summed E-state index contributed by atoms with van der Waals surface area (Å²) < 4.78 is 10.7. The molecule has 0 radical (unpaired) electrons. The largest absolute Gasteiger partial charge is 0.496 e. The SMILES string of the molecule is COc1cc(CN=C(N)NCCCN2CCOCC2)ccc1C.I. The Morgan fingerprint density at radius 1 is 1.38 bits per heavy atom. The van der Waals surface area contributed by atoms with Crippen molar-refractivity contribution in [3.05, 3.63) is 29.3 Å². The molecule has 0 spiro atoms. The number of nitrogens with zero attached hydrogens (tertiary/aromatic N) is 2. The van der Waals surface area contributed by atoms with Crippen LogP contribution in [0, 0.1) is 6.92 Å². The fourth-order valence-corrected chi connectivity index (χ4v) is 2.54. The Bertz CT molecular complexity index is 519. The van der Waals surface area contributed by atoms with E-state index in [1.54, 1.807) is 7.11 Å². The lowest BCUT2D eigenvalue weighted by atomic mass is 10.1. The van der Waals surface area contributed by atoms with Gasteiger partial charge in [-0.1, -0.05) is 12.1 Å². The van der Waals surface area contributed by atoms with Gasteiger partial charge in [0.25, 0.3) is 0 Å². The molecule has 1 fully saturated rings. The quantitative estimate of drug-likeness (QED) is 0.288. The first-order chi connectivity index (χ1) is 11.2. The maximum Gasteiger partial charge on any atom is 0.188 e. The van der Waals surface area contributed by atoms with Gasteiger partial charge in [-0.15, -0.1) is 24.0 Å². The molecule has 1 aliphatic rings. The summed E-state index contributed by atoms with van der Waals surface area (Å²) in [7, 11) is 1.68. The lowest BCUT2D eigenvalue weighted by Gasteiger charge is -2.26. The van der Waals surface area contributed by atoms with Crippen LogP contribution in [0.3, 0.4) is 0 Å². The minimum Gasteiger partial charge on any atom is -0.496 e. The third-order valence-electron chi connectivity index (χ3n) is 3.97. The zero-order valence-electron chi connectivity index (χ0n) is 14.6. The third-order valence-corrected chi connectivity index (χ3v) is 3.97. The first kappa shape index (κ1) is 21.0. The predicted molar refractivity (Wildman–Crippen MR) is 108 cm³/mol. The van der Waals surface area contributed by atoms with Gasteiger partial charge in [-0.25, -0.2) is 4.99 Å². The highest BCUT2D eigenvalue weighted by molar-refractivity contribution is 14.0. The lowest BCUT2D eigenvalue weighted by Crippen LogP contribution is -2.39. The van der Waals surface area contributed by atoms with Gasteiger partial charge in [0.15, 0.2) is 5.96 Å². The highest BCUT2D eigenvalue weighted by Gasteiger charge is 2.09. The molecule has 1 saturated heterocycles. The van der Waals surface area contributed by atoms with Crippen LogP contribution in [0.15, 0.2) is 23.2 Å². The van der Waals surface area contributed by atoms with E-state index in [-0.39, 0.29) is 24.0 Å². The molecule has 1 aliphatic heterocycles. The topological polar surface area (TPSA) is 72.1 Å². The van der Waals surface area contributed by atoms with Gasteiger partial charge in [0.05, 0.1) is 26.9 Å². The minimum atomic E-state index is 0. The van der Waals surface area contributed by atoms with Crippen LogP contribution in [0.5, 0.6) is 5.75 Å². The van der Waals surface area contributed by atoms with Crippen molar-refractivity contribution in [2.75, 3.05) is 46.5 Å². The number of nitrogens with one attached hydrogen (secondary N) is 1. The molecule has 2 rings (SSSR count). The fourth-order valence-electron chi connectivity index (χ4n) is 2.54. The third kappa shape index (κ3) is 7.23. The summed E-state index contributed by atoms with van der Waals surface area (Å²) in [4.78, 5) is 6.79. The van der Waals surface area contributed by atoms with Crippen molar-refractivity contribution in [1.29, 1.82) is 0 Å². The minimum absolute atomic E-state index is 0. The number of nitrogens with two attached hydrogens (primary N) is 1. The lowest BCUT2D eigenvalue weighted by molar-refractivity contribution is 0.0376. The Balaban J connectivity index is 0.00000288. The van der Waals surface area contributed by atoms with E-state index < -0.39 is 0 Å². The standard InChI is InChI=1S/C17H28N4O2.HI/c1-14-4-5-15(12-16(14)22-2)13-20-17(18)19-6-3-7-21-8-10-23-11-9-21;/h4-5,12H,3,6-11,13H2,1-2H3,(H3,18,19,20);1H. The average molecular weight is 448 g/mol. The van der Waals surface area contributed by atoms with Crippen LogP contribution in [0.25, 0.3) is 0 Å². The molecule has 0 unspecified atom stereocenters. The molecule has 1 aromatic carbocycles. The molecule has 0 saturated carbocycles. The Morgan fingerprint density at radius 3 is 2.83 bits per heavy atom. The molecule has 136 valence electrons.